The molecule has 0 atom stereocenters. The number of carbonyl (C=O) groups excluding carboxylic acids is 1. The molecular formula is C19H17N5O2. The van der Waals surface area contributed by atoms with E-state index < -0.39 is 0 Å². The fourth-order valence-electron chi connectivity index (χ4n) is 2.93. The first kappa shape index (κ1) is 15.9. The summed E-state index contributed by atoms with van der Waals surface area (Å²) in [6.45, 7) is 2.23. The highest BCUT2D eigenvalue weighted by Crippen LogP contribution is 2.14. The number of amides is 1. The van der Waals surface area contributed by atoms with Crippen molar-refractivity contribution < 1.29 is 4.79 Å². The van der Waals surface area contributed by atoms with Crippen LogP contribution in [0.2, 0.25) is 0 Å². The third-order valence-corrected chi connectivity index (χ3v) is 4.29. The van der Waals surface area contributed by atoms with Crippen LogP contribution in [-0.2, 0) is 6.54 Å². The number of aromatic nitrogens is 4. The van der Waals surface area contributed by atoms with E-state index in [1.54, 1.807) is 10.9 Å². The van der Waals surface area contributed by atoms with Gasteiger partial charge >= 0.3 is 5.69 Å². The number of aromatic amines is 2. The SMILES string of the molecule is Cc1c(C(=O)NCc2ccc3[nH]c(=O)[nH]c3c2)cnn1-c1ccccc1. The number of rotatable bonds is 4. The van der Waals surface area contributed by atoms with Crippen molar-refractivity contribution in [2.45, 2.75) is 13.5 Å². The number of imidazole rings is 1. The predicted molar refractivity (Wildman–Crippen MR) is 98.4 cm³/mol. The van der Waals surface area contributed by atoms with Gasteiger partial charge in [-0.15, -0.1) is 0 Å². The second-order valence-corrected chi connectivity index (χ2v) is 6.03. The van der Waals surface area contributed by atoms with Crippen LogP contribution in [0.4, 0.5) is 0 Å². The molecule has 4 aromatic rings. The van der Waals surface area contributed by atoms with Crippen molar-refractivity contribution in [2.24, 2.45) is 0 Å². The Morgan fingerprint density at radius 1 is 1.12 bits per heavy atom. The van der Waals surface area contributed by atoms with Gasteiger partial charge in [0.05, 0.1) is 34.2 Å². The lowest BCUT2D eigenvalue weighted by Gasteiger charge is -2.07. The molecule has 0 aliphatic heterocycles. The summed E-state index contributed by atoms with van der Waals surface area (Å²) in [6.07, 6.45) is 1.57. The number of hydrogen-bond acceptors (Lipinski definition) is 3. The minimum Gasteiger partial charge on any atom is -0.348 e. The second-order valence-electron chi connectivity index (χ2n) is 6.03. The van der Waals surface area contributed by atoms with Gasteiger partial charge < -0.3 is 15.3 Å². The third kappa shape index (κ3) is 2.90. The fourth-order valence-corrected chi connectivity index (χ4v) is 2.93. The average Bonchev–Trinajstić information content (AvgIpc) is 3.21. The highest BCUT2D eigenvalue weighted by Gasteiger charge is 2.15. The molecule has 0 aliphatic rings. The maximum Gasteiger partial charge on any atom is 0.323 e. The van der Waals surface area contributed by atoms with Gasteiger partial charge in [0.25, 0.3) is 5.91 Å². The predicted octanol–water partition coefficient (Wildman–Crippen LogP) is 2.28. The quantitative estimate of drug-likeness (QED) is 0.528. The van der Waals surface area contributed by atoms with Gasteiger partial charge in [-0.1, -0.05) is 24.3 Å². The van der Waals surface area contributed by atoms with Crippen LogP contribution in [-0.4, -0.2) is 25.7 Å². The van der Waals surface area contributed by atoms with Gasteiger partial charge in [0.2, 0.25) is 0 Å². The normalized spacial score (nSPS) is 11.0. The van der Waals surface area contributed by atoms with Crippen LogP contribution in [0.5, 0.6) is 0 Å². The molecule has 130 valence electrons. The molecule has 3 N–H and O–H groups in total. The molecule has 4 rings (SSSR count). The van der Waals surface area contributed by atoms with Crippen LogP contribution in [0.3, 0.4) is 0 Å². The summed E-state index contributed by atoms with van der Waals surface area (Å²) in [4.78, 5) is 29.2. The highest BCUT2D eigenvalue weighted by molar-refractivity contribution is 5.95. The minimum atomic E-state index is -0.245. The molecule has 1 amide bonds. The van der Waals surface area contributed by atoms with Gasteiger partial charge in [-0.25, -0.2) is 9.48 Å². The Balaban J connectivity index is 1.51. The zero-order valence-electron chi connectivity index (χ0n) is 14.1. The topological polar surface area (TPSA) is 95.6 Å². The lowest BCUT2D eigenvalue weighted by Crippen LogP contribution is -2.23. The molecule has 0 fully saturated rings. The lowest BCUT2D eigenvalue weighted by atomic mass is 10.2. The number of para-hydroxylation sites is 1. The highest BCUT2D eigenvalue weighted by atomic mass is 16.2. The Kier molecular flexibility index (Phi) is 3.89. The van der Waals surface area contributed by atoms with Crippen molar-refractivity contribution in [3.8, 4) is 5.69 Å². The fraction of sp³-hybridized carbons (Fsp3) is 0.105. The molecule has 2 aromatic carbocycles. The largest absolute Gasteiger partial charge is 0.348 e. The van der Waals surface area contributed by atoms with Gasteiger partial charge in [0.15, 0.2) is 0 Å². The van der Waals surface area contributed by atoms with E-state index in [9.17, 15) is 9.59 Å². The lowest BCUT2D eigenvalue weighted by molar-refractivity contribution is 0.0950. The zero-order valence-corrected chi connectivity index (χ0v) is 14.1. The Labute approximate surface area is 148 Å². The van der Waals surface area contributed by atoms with Crippen molar-refractivity contribution in [2.75, 3.05) is 0 Å². The molecule has 7 heteroatoms. The number of H-pyrrole nitrogens is 2. The zero-order chi connectivity index (χ0) is 18.1. The first-order chi connectivity index (χ1) is 12.6. The van der Waals surface area contributed by atoms with E-state index in [-0.39, 0.29) is 11.6 Å². The molecule has 2 heterocycles. The summed E-state index contributed by atoms with van der Waals surface area (Å²) in [5.41, 5.74) is 4.33. The molecule has 0 unspecified atom stereocenters. The summed E-state index contributed by atoms with van der Waals surface area (Å²) >= 11 is 0. The molecule has 0 radical (unpaired) electrons. The first-order valence-corrected chi connectivity index (χ1v) is 8.21. The van der Waals surface area contributed by atoms with Crippen LogP contribution >= 0.6 is 0 Å². The van der Waals surface area contributed by atoms with Crippen LogP contribution in [0, 0.1) is 6.92 Å². The maximum absolute atomic E-state index is 12.5. The van der Waals surface area contributed by atoms with Gasteiger partial charge in [0.1, 0.15) is 0 Å². The monoisotopic (exact) mass is 347 g/mol. The van der Waals surface area contributed by atoms with Crippen molar-refractivity contribution in [3.63, 3.8) is 0 Å². The summed E-state index contributed by atoms with van der Waals surface area (Å²) < 4.78 is 1.74. The maximum atomic E-state index is 12.5. The van der Waals surface area contributed by atoms with Crippen molar-refractivity contribution in [1.29, 1.82) is 0 Å². The number of carbonyl (C=O) groups is 1. The van der Waals surface area contributed by atoms with Crippen LogP contribution in [0.25, 0.3) is 16.7 Å². The number of nitrogens with one attached hydrogen (secondary N) is 3. The third-order valence-electron chi connectivity index (χ3n) is 4.29. The first-order valence-electron chi connectivity index (χ1n) is 8.21. The minimum absolute atomic E-state index is 0.188. The Morgan fingerprint density at radius 3 is 2.69 bits per heavy atom. The molecule has 0 aliphatic carbocycles. The number of fused-ring (bicyclic) bond motifs is 1. The van der Waals surface area contributed by atoms with E-state index in [2.05, 4.69) is 20.4 Å². The van der Waals surface area contributed by atoms with Crippen LogP contribution < -0.4 is 11.0 Å². The summed E-state index contributed by atoms with van der Waals surface area (Å²) in [6, 6.07) is 15.2. The Hall–Kier alpha value is -3.61. The van der Waals surface area contributed by atoms with E-state index in [4.69, 9.17) is 0 Å². The van der Waals surface area contributed by atoms with Gasteiger partial charge in [-0.05, 0) is 36.8 Å². The molecule has 0 saturated heterocycles. The smallest absolute Gasteiger partial charge is 0.323 e. The van der Waals surface area contributed by atoms with E-state index >= 15 is 0 Å². The van der Waals surface area contributed by atoms with Crippen molar-refractivity contribution in [1.82, 2.24) is 25.1 Å². The van der Waals surface area contributed by atoms with E-state index in [0.717, 1.165) is 28.0 Å². The van der Waals surface area contributed by atoms with Crippen molar-refractivity contribution >= 4 is 16.9 Å². The number of benzene rings is 2. The molecule has 0 bridgehead atoms. The molecule has 7 nitrogen and oxygen atoms in total. The number of hydrogen-bond donors (Lipinski definition) is 3. The second kappa shape index (κ2) is 6.36. The molecule has 0 spiro atoms. The summed E-state index contributed by atoms with van der Waals surface area (Å²) in [5, 5.41) is 7.22. The summed E-state index contributed by atoms with van der Waals surface area (Å²) in [5.74, 6) is -0.188. The molecule has 0 saturated carbocycles. The van der Waals surface area contributed by atoms with E-state index in [1.807, 2.05) is 55.5 Å². The molecular weight excluding hydrogens is 330 g/mol. The standard InChI is InChI=1S/C19H17N5O2/c1-12-15(11-21-24(12)14-5-3-2-4-6-14)18(25)20-10-13-7-8-16-17(9-13)23-19(26)22-16/h2-9,11H,10H2,1H3,(H,20,25)(H2,22,23,26). The molecule has 26 heavy (non-hydrogen) atoms. The van der Waals surface area contributed by atoms with Gasteiger partial charge in [0, 0.05) is 6.54 Å². The van der Waals surface area contributed by atoms with Gasteiger partial charge in [-0.3, -0.25) is 4.79 Å². The molecule has 2 aromatic heterocycles. The van der Waals surface area contributed by atoms with Crippen LogP contribution in [0.15, 0.2) is 59.5 Å². The average molecular weight is 347 g/mol. The van der Waals surface area contributed by atoms with Gasteiger partial charge in [-0.2, -0.15) is 5.10 Å². The van der Waals surface area contributed by atoms with Crippen molar-refractivity contribution in [3.05, 3.63) is 82.0 Å². The van der Waals surface area contributed by atoms with E-state index in [1.165, 1.54) is 0 Å². The Bertz CT molecular complexity index is 1140. The van der Waals surface area contributed by atoms with Crippen LogP contribution in [0.1, 0.15) is 21.6 Å². The van der Waals surface area contributed by atoms with E-state index in [0.29, 0.717) is 12.1 Å². The Morgan fingerprint density at radius 2 is 1.88 bits per heavy atom. The number of nitrogens with zero attached hydrogens (tertiary/aromatic N) is 2. The summed E-state index contributed by atoms with van der Waals surface area (Å²) in [7, 11) is 0.